The fourth-order valence-corrected chi connectivity index (χ4v) is 0.829. The molecule has 0 aliphatic heterocycles. The molecule has 1 aromatic rings. The Kier molecular flexibility index (Phi) is 2.85. The monoisotopic (exact) mass is 168 g/mol. The number of hydrogen-bond acceptors (Lipinski definition) is 4. The van der Waals surface area contributed by atoms with Crippen molar-refractivity contribution in [3.05, 3.63) is 11.6 Å². The molecule has 66 valence electrons. The molecule has 0 bridgehead atoms. The SMILES string of the molecule is CCOc1nnc(OC)cc1C. The molecule has 12 heavy (non-hydrogen) atoms. The van der Waals surface area contributed by atoms with Crippen LogP contribution in [0.2, 0.25) is 0 Å². The maximum atomic E-state index is 5.21. The van der Waals surface area contributed by atoms with Crippen LogP contribution in [-0.2, 0) is 0 Å². The minimum atomic E-state index is 0.510. The zero-order valence-electron chi connectivity index (χ0n) is 7.50. The van der Waals surface area contributed by atoms with Crippen molar-refractivity contribution in [1.29, 1.82) is 0 Å². The van der Waals surface area contributed by atoms with Gasteiger partial charge in [-0.05, 0) is 13.8 Å². The van der Waals surface area contributed by atoms with Crippen LogP contribution in [0.5, 0.6) is 11.8 Å². The quantitative estimate of drug-likeness (QED) is 0.680. The lowest BCUT2D eigenvalue weighted by molar-refractivity contribution is 0.314. The smallest absolute Gasteiger partial charge is 0.236 e. The molecule has 0 amide bonds. The molecule has 0 saturated carbocycles. The first-order valence-corrected chi connectivity index (χ1v) is 3.79. The van der Waals surface area contributed by atoms with Gasteiger partial charge >= 0.3 is 0 Å². The summed E-state index contributed by atoms with van der Waals surface area (Å²) in [6.07, 6.45) is 0. The Morgan fingerprint density at radius 1 is 1.42 bits per heavy atom. The van der Waals surface area contributed by atoms with Crippen LogP contribution in [0, 0.1) is 6.92 Å². The minimum Gasteiger partial charge on any atom is -0.480 e. The van der Waals surface area contributed by atoms with Gasteiger partial charge in [0.1, 0.15) is 0 Å². The van der Waals surface area contributed by atoms with Crippen LogP contribution < -0.4 is 9.47 Å². The highest BCUT2D eigenvalue weighted by Gasteiger charge is 2.02. The van der Waals surface area contributed by atoms with Crippen LogP contribution >= 0.6 is 0 Å². The summed E-state index contributed by atoms with van der Waals surface area (Å²) < 4.78 is 10.1. The molecule has 1 aromatic heterocycles. The predicted molar refractivity (Wildman–Crippen MR) is 44.5 cm³/mol. The van der Waals surface area contributed by atoms with Gasteiger partial charge in [-0.2, -0.15) is 0 Å². The molecule has 0 N–H and O–H groups in total. The van der Waals surface area contributed by atoms with E-state index in [0.29, 0.717) is 18.4 Å². The van der Waals surface area contributed by atoms with E-state index in [1.807, 2.05) is 13.8 Å². The molecule has 0 atom stereocenters. The minimum absolute atomic E-state index is 0.510. The van der Waals surface area contributed by atoms with E-state index in [9.17, 15) is 0 Å². The highest BCUT2D eigenvalue weighted by atomic mass is 16.5. The average molecular weight is 168 g/mol. The largest absolute Gasteiger partial charge is 0.480 e. The first kappa shape index (κ1) is 8.77. The average Bonchev–Trinajstić information content (AvgIpc) is 2.09. The summed E-state index contributed by atoms with van der Waals surface area (Å²) in [5.74, 6) is 1.08. The standard InChI is InChI=1S/C8H12N2O2/c1-4-12-8-6(2)5-7(11-3)9-10-8/h5H,4H2,1-3H3. The Morgan fingerprint density at radius 3 is 2.67 bits per heavy atom. The second kappa shape index (κ2) is 3.90. The van der Waals surface area contributed by atoms with Crippen molar-refractivity contribution in [2.75, 3.05) is 13.7 Å². The Hall–Kier alpha value is -1.32. The molecule has 4 nitrogen and oxygen atoms in total. The molecule has 0 radical (unpaired) electrons. The molecule has 1 rings (SSSR count). The van der Waals surface area contributed by atoms with Crippen molar-refractivity contribution in [2.45, 2.75) is 13.8 Å². The third-order valence-corrected chi connectivity index (χ3v) is 1.41. The Bertz CT molecular complexity index is 263. The molecule has 1 heterocycles. The van der Waals surface area contributed by atoms with Crippen molar-refractivity contribution in [3.63, 3.8) is 0 Å². The fraction of sp³-hybridized carbons (Fsp3) is 0.500. The second-order valence-corrected chi connectivity index (χ2v) is 2.31. The van der Waals surface area contributed by atoms with Gasteiger partial charge < -0.3 is 9.47 Å². The van der Waals surface area contributed by atoms with Crippen LogP contribution in [0.25, 0.3) is 0 Å². The molecule has 0 saturated heterocycles. The summed E-state index contributed by atoms with van der Waals surface area (Å²) in [6.45, 7) is 4.41. The molecule has 0 aliphatic carbocycles. The molecular formula is C8H12N2O2. The number of methoxy groups -OCH3 is 1. The van der Waals surface area contributed by atoms with Gasteiger partial charge in [0, 0.05) is 11.6 Å². The van der Waals surface area contributed by atoms with Gasteiger partial charge in [0.25, 0.3) is 0 Å². The zero-order valence-corrected chi connectivity index (χ0v) is 7.50. The van der Waals surface area contributed by atoms with Gasteiger partial charge in [0.15, 0.2) is 0 Å². The van der Waals surface area contributed by atoms with E-state index in [1.165, 1.54) is 0 Å². The normalized spacial score (nSPS) is 9.58. The van der Waals surface area contributed by atoms with Crippen molar-refractivity contribution >= 4 is 0 Å². The first-order chi connectivity index (χ1) is 5.77. The maximum absolute atomic E-state index is 5.21. The van der Waals surface area contributed by atoms with Crippen LogP contribution in [0.3, 0.4) is 0 Å². The maximum Gasteiger partial charge on any atom is 0.236 e. The van der Waals surface area contributed by atoms with Gasteiger partial charge in [-0.25, -0.2) is 0 Å². The van der Waals surface area contributed by atoms with E-state index in [4.69, 9.17) is 9.47 Å². The lowest BCUT2D eigenvalue weighted by Crippen LogP contribution is -1.99. The number of rotatable bonds is 3. The van der Waals surface area contributed by atoms with Crippen molar-refractivity contribution in [2.24, 2.45) is 0 Å². The third-order valence-electron chi connectivity index (χ3n) is 1.41. The van der Waals surface area contributed by atoms with Crippen molar-refractivity contribution < 1.29 is 9.47 Å². The first-order valence-electron chi connectivity index (χ1n) is 3.79. The third kappa shape index (κ3) is 1.84. The molecule has 0 spiro atoms. The van der Waals surface area contributed by atoms with Crippen molar-refractivity contribution in [1.82, 2.24) is 10.2 Å². The summed E-state index contributed by atoms with van der Waals surface area (Å²) >= 11 is 0. The highest BCUT2D eigenvalue weighted by molar-refractivity contribution is 5.27. The molecule has 0 aromatic carbocycles. The summed E-state index contributed by atoms with van der Waals surface area (Å²) in [5.41, 5.74) is 0.934. The van der Waals surface area contributed by atoms with E-state index < -0.39 is 0 Å². The topological polar surface area (TPSA) is 44.2 Å². The Morgan fingerprint density at radius 2 is 2.17 bits per heavy atom. The van der Waals surface area contributed by atoms with E-state index in [1.54, 1.807) is 13.2 Å². The number of hydrogen-bond donors (Lipinski definition) is 0. The van der Waals surface area contributed by atoms with E-state index in [0.717, 1.165) is 5.56 Å². The summed E-state index contributed by atoms with van der Waals surface area (Å²) in [6, 6.07) is 1.79. The highest BCUT2D eigenvalue weighted by Crippen LogP contribution is 2.16. The van der Waals surface area contributed by atoms with Crippen LogP contribution in [0.1, 0.15) is 12.5 Å². The van der Waals surface area contributed by atoms with Gasteiger partial charge in [-0.3, -0.25) is 0 Å². The fourth-order valence-electron chi connectivity index (χ4n) is 0.829. The number of nitrogens with zero attached hydrogens (tertiary/aromatic N) is 2. The van der Waals surface area contributed by atoms with E-state index >= 15 is 0 Å². The number of ether oxygens (including phenoxy) is 2. The lowest BCUT2D eigenvalue weighted by Gasteiger charge is -2.04. The number of aryl methyl sites for hydroxylation is 1. The summed E-state index contributed by atoms with van der Waals surface area (Å²) in [4.78, 5) is 0. The second-order valence-electron chi connectivity index (χ2n) is 2.31. The zero-order chi connectivity index (χ0) is 8.97. The van der Waals surface area contributed by atoms with Crippen LogP contribution in [0.15, 0.2) is 6.07 Å². The lowest BCUT2D eigenvalue weighted by atomic mass is 10.3. The molecule has 4 heteroatoms. The van der Waals surface area contributed by atoms with Crippen LogP contribution in [0.4, 0.5) is 0 Å². The van der Waals surface area contributed by atoms with Gasteiger partial charge in [-0.15, -0.1) is 10.2 Å². The summed E-state index contributed by atoms with van der Waals surface area (Å²) in [5, 5.41) is 7.62. The molecule has 0 fully saturated rings. The predicted octanol–water partition coefficient (Wildman–Crippen LogP) is 1.19. The Labute approximate surface area is 71.5 Å². The van der Waals surface area contributed by atoms with Crippen LogP contribution in [-0.4, -0.2) is 23.9 Å². The van der Waals surface area contributed by atoms with E-state index in [-0.39, 0.29) is 0 Å². The molecule has 0 aliphatic rings. The number of aromatic nitrogens is 2. The molecular weight excluding hydrogens is 156 g/mol. The van der Waals surface area contributed by atoms with Crippen molar-refractivity contribution in [3.8, 4) is 11.8 Å². The van der Waals surface area contributed by atoms with Gasteiger partial charge in [0.05, 0.1) is 13.7 Å². The summed E-state index contributed by atoms with van der Waals surface area (Å²) in [7, 11) is 1.56. The van der Waals surface area contributed by atoms with Gasteiger partial charge in [-0.1, -0.05) is 0 Å². The Balaban J connectivity index is 2.87. The molecule has 0 unspecified atom stereocenters. The van der Waals surface area contributed by atoms with Gasteiger partial charge in [0.2, 0.25) is 11.8 Å². The van der Waals surface area contributed by atoms with E-state index in [2.05, 4.69) is 10.2 Å².